The van der Waals surface area contributed by atoms with Crippen LogP contribution in [0, 0.1) is 25.2 Å². The molecule has 5 rings (SSSR count). The minimum atomic E-state index is -0.336. The van der Waals surface area contributed by atoms with Crippen molar-refractivity contribution in [3.05, 3.63) is 77.1 Å². The number of benzene rings is 2. The molecule has 0 unspecified atom stereocenters. The maximum Gasteiger partial charge on any atom is 0.231 e. The van der Waals surface area contributed by atoms with E-state index < -0.39 is 0 Å². The highest BCUT2D eigenvalue weighted by Gasteiger charge is 2.19. The maximum absolute atomic E-state index is 12.9. The van der Waals surface area contributed by atoms with Gasteiger partial charge in [-0.15, -0.1) is 0 Å². The molecule has 0 spiro atoms. The van der Waals surface area contributed by atoms with Crippen LogP contribution in [0.15, 0.2) is 59.3 Å². The molecule has 0 fully saturated rings. The summed E-state index contributed by atoms with van der Waals surface area (Å²) in [5.74, 6) is 0.446. The Morgan fingerprint density at radius 1 is 1.16 bits per heavy atom. The van der Waals surface area contributed by atoms with Gasteiger partial charge in [-0.3, -0.25) is 4.79 Å². The van der Waals surface area contributed by atoms with Crippen LogP contribution >= 0.6 is 0 Å². The summed E-state index contributed by atoms with van der Waals surface area (Å²) in [5, 5.41) is 22.5. The Labute approximate surface area is 183 Å². The SMILES string of the molecule is Cc1ccc2onc(CC(=O)Nc3c(C#N)cnn3-c3cc(C)c4ccccc4n3)c2c1. The molecule has 3 aromatic heterocycles. The minimum absolute atomic E-state index is 0.00330. The third-order valence-corrected chi connectivity index (χ3v) is 5.30. The molecule has 1 amide bonds. The van der Waals surface area contributed by atoms with Crippen LogP contribution in [0.1, 0.15) is 22.4 Å². The van der Waals surface area contributed by atoms with Crippen LogP contribution in [0.2, 0.25) is 0 Å². The van der Waals surface area contributed by atoms with Crippen molar-refractivity contribution in [3.63, 3.8) is 0 Å². The highest BCUT2D eigenvalue weighted by molar-refractivity contribution is 5.95. The minimum Gasteiger partial charge on any atom is -0.356 e. The number of carbonyl (C=O) groups excluding carboxylic acids is 1. The van der Waals surface area contributed by atoms with Crippen molar-refractivity contribution in [2.45, 2.75) is 20.3 Å². The molecule has 0 aliphatic heterocycles. The molecule has 3 heterocycles. The standard InChI is InChI=1S/C24H18N6O2/c1-14-7-8-21-18(9-14)20(29-32-21)11-23(31)28-24-16(12-25)13-26-30(24)22-10-15(2)17-5-3-4-6-19(17)27-22/h3-10,13H,11H2,1-2H3,(H,28,31). The van der Waals surface area contributed by atoms with Crippen LogP contribution in [-0.2, 0) is 11.2 Å². The Hall–Kier alpha value is -4.51. The zero-order valence-corrected chi connectivity index (χ0v) is 17.5. The molecule has 0 saturated carbocycles. The first-order valence-corrected chi connectivity index (χ1v) is 10.0. The average Bonchev–Trinajstić information content (AvgIpc) is 3.37. The number of hydrogen-bond donors (Lipinski definition) is 1. The number of aryl methyl sites for hydroxylation is 2. The van der Waals surface area contributed by atoms with E-state index in [1.54, 1.807) is 0 Å². The first kappa shape index (κ1) is 19.5. The Balaban J connectivity index is 1.49. The Bertz CT molecular complexity index is 1540. The molecule has 8 nitrogen and oxygen atoms in total. The van der Waals surface area contributed by atoms with E-state index in [1.807, 2.05) is 62.4 Å². The molecule has 32 heavy (non-hydrogen) atoms. The van der Waals surface area contributed by atoms with E-state index in [4.69, 9.17) is 4.52 Å². The van der Waals surface area contributed by atoms with E-state index in [0.717, 1.165) is 27.4 Å². The molecule has 0 saturated heterocycles. The average molecular weight is 422 g/mol. The lowest BCUT2D eigenvalue weighted by Gasteiger charge is -2.11. The number of pyridine rings is 1. The zero-order chi connectivity index (χ0) is 22.2. The first-order chi connectivity index (χ1) is 15.5. The van der Waals surface area contributed by atoms with Crippen LogP contribution < -0.4 is 5.32 Å². The third-order valence-electron chi connectivity index (χ3n) is 5.30. The molecule has 0 aliphatic rings. The second-order valence-electron chi connectivity index (χ2n) is 7.60. The monoisotopic (exact) mass is 422 g/mol. The second-order valence-corrected chi connectivity index (χ2v) is 7.60. The van der Waals surface area contributed by atoms with Crippen LogP contribution in [0.3, 0.4) is 0 Å². The van der Waals surface area contributed by atoms with Gasteiger partial charge in [-0.25, -0.2) is 4.98 Å². The lowest BCUT2D eigenvalue weighted by Crippen LogP contribution is -2.18. The summed E-state index contributed by atoms with van der Waals surface area (Å²) in [6.45, 7) is 3.95. The molecule has 5 aromatic rings. The molecule has 0 aliphatic carbocycles. The van der Waals surface area contributed by atoms with E-state index in [2.05, 4.69) is 26.6 Å². The fourth-order valence-corrected chi connectivity index (χ4v) is 3.72. The van der Waals surface area contributed by atoms with Crippen molar-refractivity contribution < 1.29 is 9.32 Å². The summed E-state index contributed by atoms with van der Waals surface area (Å²) < 4.78 is 6.80. The van der Waals surface area contributed by atoms with Crippen molar-refractivity contribution in [2.24, 2.45) is 0 Å². The summed E-state index contributed by atoms with van der Waals surface area (Å²) in [6.07, 6.45) is 1.41. The van der Waals surface area contributed by atoms with Crippen molar-refractivity contribution in [1.82, 2.24) is 19.9 Å². The molecular formula is C24H18N6O2. The lowest BCUT2D eigenvalue weighted by atomic mass is 10.1. The van der Waals surface area contributed by atoms with Crippen LogP contribution in [0.4, 0.5) is 5.82 Å². The molecule has 2 aromatic carbocycles. The summed E-state index contributed by atoms with van der Waals surface area (Å²) in [4.78, 5) is 17.5. The number of aromatic nitrogens is 4. The topological polar surface area (TPSA) is 110 Å². The number of nitrogens with one attached hydrogen (secondary N) is 1. The summed E-state index contributed by atoms with van der Waals surface area (Å²) >= 11 is 0. The molecule has 8 heteroatoms. The van der Waals surface area contributed by atoms with Gasteiger partial charge in [0.1, 0.15) is 17.3 Å². The maximum atomic E-state index is 12.9. The summed E-state index contributed by atoms with van der Waals surface area (Å²) in [6, 6.07) is 17.4. The normalized spacial score (nSPS) is 11.0. The van der Waals surface area contributed by atoms with Gasteiger partial charge in [0.2, 0.25) is 5.91 Å². The number of nitrogens with zero attached hydrogens (tertiary/aromatic N) is 5. The van der Waals surface area contributed by atoms with Crippen LogP contribution in [0.25, 0.3) is 27.7 Å². The van der Waals surface area contributed by atoms with E-state index in [0.29, 0.717) is 17.1 Å². The van der Waals surface area contributed by atoms with Gasteiger partial charge in [0, 0.05) is 10.8 Å². The van der Waals surface area contributed by atoms with E-state index in [1.165, 1.54) is 10.9 Å². The molecule has 1 N–H and O–H groups in total. The number of rotatable bonds is 4. The van der Waals surface area contributed by atoms with Gasteiger partial charge in [-0.05, 0) is 43.7 Å². The second kappa shape index (κ2) is 7.63. The number of amides is 1. The predicted octanol–water partition coefficient (Wildman–Crippen LogP) is 4.23. The van der Waals surface area contributed by atoms with Crippen molar-refractivity contribution in [1.29, 1.82) is 5.26 Å². The Morgan fingerprint density at radius 2 is 2.00 bits per heavy atom. The van der Waals surface area contributed by atoms with Crippen molar-refractivity contribution in [2.75, 3.05) is 5.32 Å². The van der Waals surface area contributed by atoms with Gasteiger partial charge >= 0.3 is 0 Å². The first-order valence-electron chi connectivity index (χ1n) is 10.0. The fraction of sp³-hybridized carbons (Fsp3) is 0.125. The largest absolute Gasteiger partial charge is 0.356 e. The molecule has 156 valence electrons. The van der Waals surface area contributed by atoms with E-state index >= 15 is 0 Å². The molecule has 0 bridgehead atoms. The van der Waals surface area contributed by atoms with Gasteiger partial charge in [0.25, 0.3) is 0 Å². The lowest BCUT2D eigenvalue weighted by molar-refractivity contribution is -0.115. The number of nitriles is 1. The highest BCUT2D eigenvalue weighted by atomic mass is 16.5. The van der Waals surface area contributed by atoms with Gasteiger partial charge < -0.3 is 9.84 Å². The molecule has 0 radical (unpaired) electrons. The number of carbonyl (C=O) groups is 1. The zero-order valence-electron chi connectivity index (χ0n) is 17.5. The number of para-hydroxylation sites is 1. The predicted molar refractivity (Wildman–Crippen MR) is 119 cm³/mol. The quantitative estimate of drug-likeness (QED) is 0.464. The van der Waals surface area contributed by atoms with Gasteiger partial charge in [-0.2, -0.15) is 15.0 Å². The van der Waals surface area contributed by atoms with Crippen LogP contribution in [-0.4, -0.2) is 25.8 Å². The Kier molecular flexibility index (Phi) is 4.64. The van der Waals surface area contributed by atoms with E-state index in [-0.39, 0.29) is 23.7 Å². The fourth-order valence-electron chi connectivity index (χ4n) is 3.72. The molecule has 0 atom stereocenters. The third kappa shape index (κ3) is 3.36. The summed E-state index contributed by atoms with van der Waals surface area (Å²) in [7, 11) is 0. The smallest absolute Gasteiger partial charge is 0.231 e. The van der Waals surface area contributed by atoms with Crippen LogP contribution in [0.5, 0.6) is 0 Å². The highest BCUT2D eigenvalue weighted by Crippen LogP contribution is 2.24. The number of fused-ring (bicyclic) bond motifs is 2. The molecular weight excluding hydrogens is 404 g/mol. The van der Waals surface area contributed by atoms with Crippen molar-refractivity contribution in [3.8, 4) is 11.9 Å². The number of anilines is 1. The van der Waals surface area contributed by atoms with Gasteiger partial charge in [0.05, 0.1) is 18.1 Å². The number of hydrogen-bond acceptors (Lipinski definition) is 6. The van der Waals surface area contributed by atoms with Crippen molar-refractivity contribution >= 4 is 33.6 Å². The Morgan fingerprint density at radius 3 is 2.84 bits per heavy atom. The van der Waals surface area contributed by atoms with Gasteiger partial charge in [0.15, 0.2) is 17.2 Å². The summed E-state index contributed by atoms with van der Waals surface area (Å²) in [5.41, 5.74) is 4.26. The van der Waals surface area contributed by atoms with Gasteiger partial charge in [-0.1, -0.05) is 35.0 Å². The van der Waals surface area contributed by atoms with E-state index in [9.17, 15) is 10.1 Å².